The molecule has 96 valence electrons. The summed E-state index contributed by atoms with van der Waals surface area (Å²) < 4.78 is 0. The van der Waals surface area contributed by atoms with E-state index in [9.17, 15) is 9.59 Å². The van der Waals surface area contributed by atoms with Crippen molar-refractivity contribution < 1.29 is 9.59 Å². The largest absolute Gasteiger partial charge is 0.353 e. The first-order valence-electron chi connectivity index (χ1n) is 5.81. The topological polar surface area (TPSA) is 83.1 Å². The smallest absolute Gasteiger partial charge is 0.243 e. The van der Waals surface area contributed by atoms with Crippen LogP contribution in [0.4, 0.5) is 5.69 Å². The van der Waals surface area contributed by atoms with Gasteiger partial charge in [-0.3, -0.25) is 19.9 Å². The maximum Gasteiger partial charge on any atom is 0.243 e. The van der Waals surface area contributed by atoms with E-state index in [1.807, 2.05) is 26.0 Å². The number of aromatic nitrogens is 1. The molecule has 2 heterocycles. The Morgan fingerprint density at radius 2 is 2.22 bits per heavy atom. The highest BCUT2D eigenvalue weighted by Gasteiger charge is 2.23. The van der Waals surface area contributed by atoms with Crippen LogP contribution in [0.3, 0.4) is 0 Å². The van der Waals surface area contributed by atoms with Gasteiger partial charge in [-0.05, 0) is 26.0 Å². The number of aryl methyl sites for hydroxylation is 2. The van der Waals surface area contributed by atoms with Crippen LogP contribution < -0.4 is 16.0 Å². The third-order valence-corrected chi connectivity index (χ3v) is 2.81. The number of amides is 2. The molecular formula is C12H16N4O2. The second kappa shape index (κ2) is 5.14. The van der Waals surface area contributed by atoms with E-state index >= 15 is 0 Å². The van der Waals surface area contributed by atoms with Gasteiger partial charge in [-0.25, -0.2) is 0 Å². The van der Waals surface area contributed by atoms with Crippen LogP contribution in [0.2, 0.25) is 0 Å². The van der Waals surface area contributed by atoms with Crippen molar-refractivity contribution in [1.29, 1.82) is 0 Å². The molecule has 0 radical (unpaired) electrons. The number of hydrogen-bond acceptors (Lipinski definition) is 4. The van der Waals surface area contributed by atoms with Gasteiger partial charge in [-0.2, -0.15) is 0 Å². The monoisotopic (exact) mass is 248 g/mol. The molecule has 2 amide bonds. The summed E-state index contributed by atoms with van der Waals surface area (Å²) in [6, 6.07) is 3.28. The van der Waals surface area contributed by atoms with Gasteiger partial charge in [0.15, 0.2) is 0 Å². The molecule has 3 N–H and O–H groups in total. The Labute approximate surface area is 105 Å². The molecule has 18 heavy (non-hydrogen) atoms. The molecule has 1 unspecified atom stereocenters. The van der Waals surface area contributed by atoms with Gasteiger partial charge >= 0.3 is 0 Å². The summed E-state index contributed by atoms with van der Waals surface area (Å²) in [5, 5.41) is 8.33. The van der Waals surface area contributed by atoms with E-state index in [2.05, 4.69) is 20.9 Å². The third kappa shape index (κ3) is 2.84. The van der Waals surface area contributed by atoms with Gasteiger partial charge in [0, 0.05) is 12.2 Å². The van der Waals surface area contributed by atoms with E-state index in [-0.39, 0.29) is 18.4 Å². The molecule has 1 aliphatic heterocycles. The number of rotatable bonds is 2. The minimum Gasteiger partial charge on any atom is -0.353 e. The Morgan fingerprint density at radius 3 is 2.83 bits per heavy atom. The van der Waals surface area contributed by atoms with Crippen LogP contribution in [0.5, 0.6) is 0 Å². The summed E-state index contributed by atoms with van der Waals surface area (Å²) in [5.41, 5.74) is 2.39. The highest BCUT2D eigenvalue weighted by atomic mass is 16.2. The predicted molar refractivity (Wildman–Crippen MR) is 67.1 cm³/mol. The molecule has 1 fully saturated rings. The highest BCUT2D eigenvalue weighted by Crippen LogP contribution is 2.12. The number of anilines is 1. The highest BCUT2D eigenvalue weighted by molar-refractivity contribution is 5.96. The number of nitrogens with zero attached hydrogens (tertiary/aromatic N) is 1. The summed E-state index contributed by atoms with van der Waals surface area (Å²) in [6.07, 6.45) is 0. The molecule has 1 atom stereocenters. The van der Waals surface area contributed by atoms with Gasteiger partial charge in [0.2, 0.25) is 11.8 Å². The molecule has 6 nitrogen and oxygen atoms in total. The summed E-state index contributed by atoms with van der Waals surface area (Å²) in [4.78, 5) is 27.2. The Kier molecular flexibility index (Phi) is 3.57. The van der Waals surface area contributed by atoms with Crippen LogP contribution >= 0.6 is 0 Å². The van der Waals surface area contributed by atoms with Gasteiger partial charge in [-0.15, -0.1) is 0 Å². The molecule has 1 aliphatic rings. The Hall–Kier alpha value is -1.95. The number of carbonyl (C=O) groups is 2. The van der Waals surface area contributed by atoms with Crippen molar-refractivity contribution in [2.75, 3.05) is 18.4 Å². The lowest BCUT2D eigenvalue weighted by molar-refractivity contribution is -0.124. The molecule has 0 bridgehead atoms. The van der Waals surface area contributed by atoms with Gasteiger partial charge in [0.25, 0.3) is 0 Å². The predicted octanol–water partition coefficient (Wildman–Crippen LogP) is -0.275. The maximum absolute atomic E-state index is 12.0. The van der Waals surface area contributed by atoms with Crippen LogP contribution in [0.25, 0.3) is 0 Å². The average molecular weight is 248 g/mol. The van der Waals surface area contributed by atoms with Crippen molar-refractivity contribution in [2.45, 2.75) is 19.9 Å². The lowest BCUT2D eigenvalue weighted by Gasteiger charge is -2.23. The van der Waals surface area contributed by atoms with Crippen LogP contribution in [-0.2, 0) is 9.59 Å². The Bertz CT molecular complexity index is 477. The third-order valence-electron chi connectivity index (χ3n) is 2.81. The minimum atomic E-state index is -0.400. The summed E-state index contributed by atoms with van der Waals surface area (Å²) >= 11 is 0. The number of hydrogen-bond donors (Lipinski definition) is 3. The zero-order valence-electron chi connectivity index (χ0n) is 10.4. The summed E-state index contributed by atoms with van der Waals surface area (Å²) in [7, 11) is 0. The van der Waals surface area contributed by atoms with E-state index in [0.29, 0.717) is 12.2 Å². The van der Waals surface area contributed by atoms with Crippen molar-refractivity contribution in [1.82, 2.24) is 15.6 Å². The van der Waals surface area contributed by atoms with E-state index in [4.69, 9.17) is 0 Å². The van der Waals surface area contributed by atoms with Gasteiger partial charge in [0.05, 0.1) is 17.9 Å². The van der Waals surface area contributed by atoms with Crippen LogP contribution in [-0.4, -0.2) is 35.9 Å². The first kappa shape index (κ1) is 12.5. The molecule has 0 aliphatic carbocycles. The first-order valence-corrected chi connectivity index (χ1v) is 5.81. The Morgan fingerprint density at radius 1 is 1.44 bits per heavy atom. The summed E-state index contributed by atoms with van der Waals surface area (Å²) in [6.45, 7) is 4.22. The summed E-state index contributed by atoms with van der Waals surface area (Å²) in [5.74, 6) is -0.254. The van der Waals surface area contributed by atoms with Crippen molar-refractivity contribution >= 4 is 17.5 Å². The van der Waals surface area contributed by atoms with E-state index in [0.717, 1.165) is 11.4 Å². The molecule has 1 aromatic rings. The van der Waals surface area contributed by atoms with Gasteiger partial charge < -0.3 is 10.6 Å². The molecule has 6 heteroatoms. The van der Waals surface area contributed by atoms with E-state index < -0.39 is 6.04 Å². The number of nitrogens with one attached hydrogen (secondary N) is 3. The van der Waals surface area contributed by atoms with E-state index in [1.54, 1.807) is 0 Å². The van der Waals surface area contributed by atoms with Crippen LogP contribution in [0.1, 0.15) is 11.4 Å². The van der Waals surface area contributed by atoms with Crippen molar-refractivity contribution in [3.05, 3.63) is 23.5 Å². The van der Waals surface area contributed by atoms with Gasteiger partial charge in [-0.1, -0.05) is 0 Å². The van der Waals surface area contributed by atoms with Crippen LogP contribution in [0, 0.1) is 13.8 Å². The zero-order valence-corrected chi connectivity index (χ0v) is 10.4. The molecule has 1 saturated heterocycles. The van der Waals surface area contributed by atoms with Crippen LogP contribution in [0.15, 0.2) is 12.1 Å². The molecule has 2 rings (SSSR count). The molecule has 0 spiro atoms. The second-order valence-corrected chi connectivity index (χ2v) is 4.31. The second-order valence-electron chi connectivity index (χ2n) is 4.31. The molecule has 0 aromatic carbocycles. The minimum absolute atomic E-state index is 0.0905. The van der Waals surface area contributed by atoms with Crippen molar-refractivity contribution in [2.24, 2.45) is 0 Å². The van der Waals surface area contributed by atoms with Crippen molar-refractivity contribution in [3.8, 4) is 0 Å². The molecule has 1 aromatic heterocycles. The first-order chi connectivity index (χ1) is 8.56. The molecular weight excluding hydrogens is 232 g/mol. The van der Waals surface area contributed by atoms with Crippen molar-refractivity contribution in [3.63, 3.8) is 0 Å². The van der Waals surface area contributed by atoms with E-state index in [1.165, 1.54) is 0 Å². The number of carbonyl (C=O) groups excluding carboxylic acids is 2. The SMILES string of the molecule is Cc1ccc(NC(=O)C2CNC(=O)CN2)c(C)n1. The normalized spacial score (nSPS) is 19.2. The zero-order chi connectivity index (χ0) is 13.1. The lowest BCUT2D eigenvalue weighted by atomic mass is 10.2. The quantitative estimate of drug-likeness (QED) is 0.672. The fourth-order valence-corrected chi connectivity index (χ4v) is 1.79. The fourth-order valence-electron chi connectivity index (χ4n) is 1.79. The lowest BCUT2D eigenvalue weighted by Crippen LogP contribution is -2.56. The standard InChI is InChI=1S/C12H16N4O2/c1-7-3-4-9(8(2)15-7)16-12(18)10-5-14-11(17)6-13-10/h3-4,10,13H,5-6H2,1-2H3,(H,14,17)(H,16,18). The Balaban J connectivity index is 2.00. The molecule has 0 saturated carbocycles. The fraction of sp³-hybridized carbons (Fsp3) is 0.417. The number of pyridine rings is 1. The average Bonchev–Trinajstić information content (AvgIpc) is 2.33. The maximum atomic E-state index is 12.0. The van der Waals surface area contributed by atoms with Gasteiger partial charge in [0.1, 0.15) is 6.04 Å². The number of piperazine rings is 1.